The van der Waals surface area contributed by atoms with Gasteiger partial charge in [-0.3, -0.25) is 4.79 Å². The van der Waals surface area contributed by atoms with E-state index in [0.29, 0.717) is 0 Å². The zero-order valence-electron chi connectivity index (χ0n) is 10.8. The first-order chi connectivity index (χ1) is 7.55. The highest BCUT2D eigenvalue weighted by Gasteiger charge is 2.29. The van der Waals surface area contributed by atoms with Crippen LogP contribution in [0.1, 0.15) is 52.9 Å². The Kier molecular flexibility index (Phi) is 5.20. The summed E-state index contributed by atoms with van der Waals surface area (Å²) in [4.78, 5) is 11.6. The minimum absolute atomic E-state index is 0.0992. The van der Waals surface area contributed by atoms with Crippen LogP contribution in [0.2, 0.25) is 0 Å². The van der Waals surface area contributed by atoms with E-state index in [1.165, 1.54) is 19.3 Å². The van der Waals surface area contributed by atoms with Crippen LogP contribution >= 0.6 is 0 Å². The van der Waals surface area contributed by atoms with E-state index in [0.717, 1.165) is 19.4 Å². The van der Waals surface area contributed by atoms with Gasteiger partial charge in [-0.1, -0.05) is 46.1 Å². The Hall–Kier alpha value is -0.630. The number of carbonyl (C=O) groups excluding carboxylic acids is 1. The van der Waals surface area contributed by atoms with Gasteiger partial charge in [-0.05, 0) is 24.3 Å². The Bertz CT molecular complexity index is 253. The molecule has 0 aromatic carbocycles. The Morgan fingerprint density at radius 1 is 1.38 bits per heavy atom. The van der Waals surface area contributed by atoms with Crippen molar-refractivity contribution in [1.82, 2.24) is 0 Å². The molecule has 1 atom stereocenters. The summed E-state index contributed by atoms with van der Waals surface area (Å²) in [5.74, 6) is 0.134. The van der Waals surface area contributed by atoms with E-state index in [-0.39, 0.29) is 17.3 Å². The number of hydrogen-bond acceptors (Lipinski definition) is 2. The molecule has 1 aliphatic carbocycles. The number of unbranched alkanes of at least 4 members (excludes halogenated alkanes) is 3. The average Bonchev–Trinajstić information content (AvgIpc) is 2.23. The third-order valence-corrected chi connectivity index (χ3v) is 3.04. The zero-order chi connectivity index (χ0) is 12.0. The van der Waals surface area contributed by atoms with Crippen molar-refractivity contribution in [3.8, 4) is 0 Å². The monoisotopic (exact) mass is 224 g/mol. The van der Waals surface area contributed by atoms with Gasteiger partial charge in [0.15, 0.2) is 5.78 Å². The van der Waals surface area contributed by atoms with E-state index in [9.17, 15) is 4.79 Å². The molecule has 16 heavy (non-hydrogen) atoms. The molecule has 2 heteroatoms. The molecule has 1 rings (SSSR count). The highest BCUT2D eigenvalue weighted by atomic mass is 16.5. The molecule has 0 saturated carbocycles. The van der Waals surface area contributed by atoms with Gasteiger partial charge in [0.25, 0.3) is 0 Å². The zero-order valence-corrected chi connectivity index (χ0v) is 10.8. The molecule has 0 heterocycles. The van der Waals surface area contributed by atoms with Gasteiger partial charge in [-0.2, -0.15) is 0 Å². The molecule has 2 nitrogen and oxygen atoms in total. The summed E-state index contributed by atoms with van der Waals surface area (Å²) in [5.41, 5.74) is 0.0992. The molecular weight excluding hydrogens is 200 g/mol. The minimum Gasteiger partial charge on any atom is -0.370 e. The van der Waals surface area contributed by atoms with Crippen molar-refractivity contribution in [2.24, 2.45) is 5.41 Å². The smallest absolute Gasteiger partial charge is 0.184 e. The van der Waals surface area contributed by atoms with Gasteiger partial charge in [0, 0.05) is 6.61 Å². The van der Waals surface area contributed by atoms with Gasteiger partial charge in [0.1, 0.15) is 6.10 Å². The van der Waals surface area contributed by atoms with E-state index < -0.39 is 0 Å². The first-order valence-electron chi connectivity index (χ1n) is 6.40. The normalized spacial score (nSPS) is 23.7. The van der Waals surface area contributed by atoms with Gasteiger partial charge in [0.05, 0.1) is 0 Å². The highest BCUT2D eigenvalue weighted by molar-refractivity contribution is 5.94. The minimum atomic E-state index is -0.207. The topological polar surface area (TPSA) is 26.3 Å². The lowest BCUT2D eigenvalue weighted by atomic mass is 9.81. The fourth-order valence-corrected chi connectivity index (χ4v) is 1.96. The first-order valence-corrected chi connectivity index (χ1v) is 6.40. The summed E-state index contributed by atoms with van der Waals surface area (Å²) in [6.07, 6.45) is 9.05. The molecule has 0 amide bonds. The molecule has 0 radical (unpaired) electrons. The molecule has 0 saturated heterocycles. The van der Waals surface area contributed by atoms with Gasteiger partial charge in [-0.15, -0.1) is 0 Å². The quantitative estimate of drug-likeness (QED) is 0.645. The maximum absolute atomic E-state index is 11.6. The van der Waals surface area contributed by atoms with Crippen molar-refractivity contribution >= 4 is 5.78 Å². The predicted molar refractivity (Wildman–Crippen MR) is 66.4 cm³/mol. The molecule has 92 valence electrons. The fourth-order valence-electron chi connectivity index (χ4n) is 1.96. The van der Waals surface area contributed by atoms with E-state index in [1.807, 2.05) is 6.08 Å². The summed E-state index contributed by atoms with van der Waals surface area (Å²) in [5, 5.41) is 0. The lowest BCUT2D eigenvalue weighted by molar-refractivity contribution is -0.128. The van der Waals surface area contributed by atoms with Crippen LogP contribution in [0.4, 0.5) is 0 Å². The molecular formula is C14H24O2. The molecule has 1 unspecified atom stereocenters. The molecule has 0 aromatic rings. The van der Waals surface area contributed by atoms with Crippen LogP contribution in [0.25, 0.3) is 0 Å². The van der Waals surface area contributed by atoms with Crippen LogP contribution in [-0.4, -0.2) is 18.5 Å². The number of carbonyl (C=O) groups is 1. The molecule has 1 aliphatic rings. The highest BCUT2D eigenvalue weighted by Crippen LogP contribution is 2.29. The van der Waals surface area contributed by atoms with Crippen LogP contribution in [0.5, 0.6) is 0 Å². The van der Waals surface area contributed by atoms with Crippen LogP contribution in [0.15, 0.2) is 12.2 Å². The van der Waals surface area contributed by atoms with E-state index in [2.05, 4.69) is 20.8 Å². The standard InChI is InChI=1S/C14H24O2/c1-4-5-6-7-10-16-13-11-14(2,3)9-8-12(13)15/h8-9,13H,4-7,10-11H2,1-3H3. The molecule has 0 fully saturated rings. The Labute approximate surface area is 99.1 Å². The van der Waals surface area contributed by atoms with Crippen molar-refractivity contribution in [2.75, 3.05) is 6.61 Å². The Balaban J connectivity index is 2.26. The molecule has 0 N–H and O–H groups in total. The molecule has 0 aromatic heterocycles. The third-order valence-electron chi connectivity index (χ3n) is 3.04. The van der Waals surface area contributed by atoms with Gasteiger partial charge in [0.2, 0.25) is 0 Å². The Morgan fingerprint density at radius 3 is 2.81 bits per heavy atom. The average molecular weight is 224 g/mol. The van der Waals surface area contributed by atoms with E-state index in [4.69, 9.17) is 4.74 Å². The van der Waals surface area contributed by atoms with Gasteiger partial charge < -0.3 is 4.74 Å². The van der Waals surface area contributed by atoms with Crippen molar-refractivity contribution in [1.29, 1.82) is 0 Å². The predicted octanol–water partition coefficient (Wildman–Crippen LogP) is 3.51. The Morgan fingerprint density at radius 2 is 2.12 bits per heavy atom. The molecule has 0 spiro atoms. The summed E-state index contributed by atoms with van der Waals surface area (Å²) in [6.45, 7) is 7.20. The maximum Gasteiger partial charge on any atom is 0.184 e. The van der Waals surface area contributed by atoms with Gasteiger partial charge in [-0.25, -0.2) is 0 Å². The number of allylic oxidation sites excluding steroid dienone is 1. The lowest BCUT2D eigenvalue weighted by Crippen LogP contribution is -2.32. The first kappa shape index (κ1) is 13.4. The van der Waals surface area contributed by atoms with Crippen LogP contribution < -0.4 is 0 Å². The molecule has 0 aliphatic heterocycles. The second-order valence-electron chi connectivity index (χ2n) is 5.35. The number of ketones is 1. The number of rotatable bonds is 6. The summed E-state index contributed by atoms with van der Waals surface area (Å²) in [6, 6.07) is 0. The summed E-state index contributed by atoms with van der Waals surface area (Å²) < 4.78 is 5.68. The summed E-state index contributed by atoms with van der Waals surface area (Å²) in [7, 11) is 0. The van der Waals surface area contributed by atoms with Crippen LogP contribution in [-0.2, 0) is 9.53 Å². The lowest BCUT2D eigenvalue weighted by Gasteiger charge is -2.29. The second-order valence-corrected chi connectivity index (χ2v) is 5.35. The number of hydrogen-bond donors (Lipinski definition) is 0. The number of ether oxygens (including phenoxy) is 1. The SMILES string of the molecule is CCCCCCOC1CC(C)(C)C=CC1=O. The van der Waals surface area contributed by atoms with E-state index in [1.54, 1.807) is 6.08 Å². The van der Waals surface area contributed by atoms with E-state index >= 15 is 0 Å². The fraction of sp³-hybridized carbons (Fsp3) is 0.786. The third kappa shape index (κ3) is 4.48. The van der Waals surface area contributed by atoms with Crippen LogP contribution in [0, 0.1) is 5.41 Å². The summed E-state index contributed by atoms with van der Waals surface area (Å²) >= 11 is 0. The van der Waals surface area contributed by atoms with Crippen molar-refractivity contribution in [3.63, 3.8) is 0 Å². The largest absolute Gasteiger partial charge is 0.370 e. The second kappa shape index (κ2) is 6.19. The van der Waals surface area contributed by atoms with Gasteiger partial charge >= 0.3 is 0 Å². The van der Waals surface area contributed by atoms with Crippen LogP contribution in [0.3, 0.4) is 0 Å². The maximum atomic E-state index is 11.6. The van der Waals surface area contributed by atoms with Crippen molar-refractivity contribution in [3.05, 3.63) is 12.2 Å². The van der Waals surface area contributed by atoms with Crippen molar-refractivity contribution < 1.29 is 9.53 Å². The molecule has 0 bridgehead atoms. The van der Waals surface area contributed by atoms with Crippen molar-refractivity contribution in [2.45, 2.75) is 59.0 Å².